The van der Waals surface area contributed by atoms with E-state index in [1.165, 1.54) is 18.3 Å². The van der Waals surface area contributed by atoms with Gasteiger partial charge in [-0.1, -0.05) is 12.1 Å². The smallest absolute Gasteiger partial charge is 0.281 e. The first-order chi connectivity index (χ1) is 10.5. The molecule has 2 amide bonds. The van der Waals surface area contributed by atoms with Gasteiger partial charge in [-0.2, -0.15) is 5.10 Å². The highest BCUT2D eigenvalue weighted by Gasteiger charge is 2.07. The predicted molar refractivity (Wildman–Crippen MR) is 92.4 cm³/mol. The second-order valence-electron chi connectivity index (χ2n) is 4.50. The topological polar surface area (TPSA) is 70.6 Å². The van der Waals surface area contributed by atoms with Gasteiger partial charge in [0, 0.05) is 12.6 Å². The Morgan fingerprint density at radius 1 is 1.09 bits per heavy atom. The number of halogens is 1. The Hall–Kier alpha value is -1.99. The third kappa shape index (κ3) is 4.51. The summed E-state index contributed by atoms with van der Waals surface area (Å²) in [6.45, 7) is 3.26. The van der Waals surface area contributed by atoms with E-state index < -0.39 is 0 Å². The number of anilines is 1. The Labute approximate surface area is 140 Å². The van der Waals surface area contributed by atoms with E-state index in [0.717, 1.165) is 15.0 Å². The van der Waals surface area contributed by atoms with E-state index in [1.807, 2.05) is 18.2 Å². The highest BCUT2D eigenvalue weighted by atomic mass is 79.9. The number of nitrogens with zero attached hydrogens (tertiary/aromatic N) is 1. The summed E-state index contributed by atoms with van der Waals surface area (Å²) in [7, 11) is 0. The lowest BCUT2D eigenvalue weighted by atomic mass is 10.1. The summed E-state index contributed by atoms with van der Waals surface area (Å²) in [6.07, 6.45) is 0. The van der Waals surface area contributed by atoms with Crippen LogP contribution in [-0.4, -0.2) is 17.5 Å². The van der Waals surface area contributed by atoms with Gasteiger partial charge in [0.05, 0.1) is 14.4 Å². The van der Waals surface area contributed by atoms with Gasteiger partial charge in [0.15, 0.2) is 0 Å². The molecule has 0 saturated heterocycles. The number of nitrogens with one attached hydrogen (secondary N) is 2. The molecule has 0 aliphatic rings. The third-order valence-electron chi connectivity index (χ3n) is 2.75. The summed E-state index contributed by atoms with van der Waals surface area (Å²) < 4.78 is 0.895. The maximum Gasteiger partial charge on any atom is 0.281 e. The summed E-state index contributed by atoms with van der Waals surface area (Å²) in [5, 5.41) is 6.79. The minimum Gasteiger partial charge on any atom is -0.326 e. The molecule has 22 heavy (non-hydrogen) atoms. The van der Waals surface area contributed by atoms with E-state index in [9.17, 15) is 9.59 Å². The number of benzene rings is 1. The molecule has 0 radical (unpaired) electrons. The van der Waals surface area contributed by atoms with Crippen LogP contribution in [0.5, 0.6) is 0 Å². The number of thiophene rings is 1. The third-order valence-corrected chi connectivity index (χ3v) is 4.37. The maximum absolute atomic E-state index is 11.9. The van der Waals surface area contributed by atoms with E-state index in [0.29, 0.717) is 10.6 Å². The second-order valence-corrected chi connectivity index (χ2v) is 6.96. The summed E-state index contributed by atoms with van der Waals surface area (Å²) in [4.78, 5) is 23.4. The Balaban J connectivity index is 2.02. The average Bonchev–Trinajstić information content (AvgIpc) is 2.91. The van der Waals surface area contributed by atoms with Crippen LogP contribution in [-0.2, 0) is 4.79 Å². The van der Waals surface area contributed by atoms with Crippen LogP contribution in [0.4, 0.5) is 5.69 Å². The van der Waals surface area contributed by atoms with E-state index in [2.05, 4.69) is 31.8 Å². The van der Waals surface area contributed by atoms with E-state index >= 15 is 0 Å². The van der Waals surface area contributed by atoms with E-state index in [4.69, 9.17) is 0 Å². The molecule has 0 unspecified atom stereocenters. The van der Waals surface area contributed by atoms with Crippen LogP contribution in [0.3, 0.4) is 0 Å². The molecular weight excluding hydrogens is 366 g/mol. The van der Waals surface area contributed by atoms with Crippen molar-refractivity contribution in [3.8, 4) is 0 Å². The number of amides is 2. The quantitative estimate of drug-likeness (QED) is 0.628. The van der Waals surface area contributed by atoms with Crippen molar-refractivity contribution in [2.75, 3.05) is 5.32 Å². The normalized spacial score (nSPS) is 11.1. The number of hydrogen-bond acceptors (Lipinski definition) is 4. The lowest BCUT2D eigenvalue weighted by Crippen LogP contribution is -2.18. The molecule has 7 heteroatoms. The van der Waals surface area contributed by atoms with Crippen LogP contribution in [0.15, 0.2) is 45.3 Å². The van der Waals surface area contributed by atoms with Gasteiger partial charge in [-0.05, 0) is 52.7 Å². The molecule has 1 aromatic heterocycles. The van der Waals surface area contributed by atoms with Gasteiger partial charge in [0.25, 0.3) is 5.91 Å². The molecule has 0 fully saturated rings. The standard InChI is InChI=1S/C15H14BrN3O2S/c1-9(11-3-5-12(6-4-11)17-10(2)20)18-19-15(21)13-7-8-14(16)22-13/h3-8H,1-2H3,(H,17,20)(H,19,21). The van der Waals surface area contributed by atoms with Gasteiger partial charge >= 0.3 is 0 Å². The SMILES string of the molecule is CC(=O)Nc1ccc(C(C)=NNC(=O)c2ccc(Br)s2)cc1. The van der Waals surface area contributed by atoms with Gasteiger partial charge in [-0.3, -0.25) is 9.59 Å². The van der Waals surface area contributed by atoms with Crippen LogP contribution in [0, 0.1) is 0 Å². The molecular formula is C15H14BrN3O2S. The summed E-state index contributed by atoms with van der Waals surface area (Å²) in [6, 6.07) is 10.8. The molecule has 2 aromatic rings. The molecule has 2 rings (SSSR count). The van der Waals surface area contributed by atoms with Crippen molar-refractivity contribution in [1.82, 2.24) is 5.43 Å². The highest BCUT2D eigenvalue weighted by Crippen LogP contribution is 2.21. The summed E-state index contributed by atoms with van der Waals surface area (Å²) in [5.74, 6) is -0.363. The van der Waals surface area contributed by atoms with Crippen molar-refractivity contribution in [2.45, 2.75) is 13.8 Å². The van der Waals surface area contributed by atoms with Crippen molar-refractivity contribution >= 4 is 50.5 Å². The molecule has 0 spiro atoms. The largest absolute Gasteiger partial charge is 0.326 e. The van der Waals surface area contributed by atoms with Gasteiger partial charge in [0.1, 0.15) is 0 Å². The van der Waals surface area contributed by atoms with Gasteiger partial charge < -0.3 is 5.32 Å². The van der Waals surface area contributed by atoms with Crippen LogP contribution >= 0.6 is 27.3 Å². The fourth-order valence-corrected chi connectivity index (χ4v) is 2.96. The number of carbonyl (C=O) groups excluding carboxylic acids is 2. The van der Waals surface area contributed by atoms with Crippen LogP contribution < -0.4 is 10.7 Å². The van der Waals surface area contributed by atoms with Crippen molar-refractivity contribution in [3.63, 3.8) is 0 Å². The second kappa shape index (κ2) is 7.33. The Morgan fingerprint density at radius 2 is 1.77 bits per heavy atom. The van der Waals surface area contributed by atoms with Gasteiger partial charge in [-0.15, -0.1) is 11.3 Å². The predicted octanol–water partition coefficient (Wildman–Crippen LogP) is 3.62. The lowest BCUT2D eigenvalue weighted by Gasteiger charge is -2.05. The zero-order valence-corrected chi connectivity index (χ0v) is 14.4. The zero-order chi connectivity index (χ0) is 16.1. The first kappa shape index (κ1) is 16.4. The number of hydrogen-bond donors (Lipinski definition) is 2. The molecule has 1 aromatic carbocycles. The summed E-state index contributed by atoms with van der Waals surface area (Å²) >= 11 is 4.66. The van der Waals surface area contributed by atoms with E-state index in [1.54, 1.807) is 25.1 Å². The maximum atomic E-state index is 11.9. The fraction of sp³-hybridized carbons (Fsp3) is 0.133. The van der Waals surface area contributed by atoms with Crippen molar-refractivity contribution < 1.29 is 9.59 Å². The molecule has 0 aliphatic carbocycles. The van der Waals surface area contributed by atoms with Gasteiger partial charge in [0.2, 0.25) is 5.91 Å². The molecule has 0 atom stereocenters. The fourth-order valence-electron chi connectivity index (χ4n) is 1.69. The molecule has 114 valence electrons. The zero-order valence-electron chi connectivity index (χ0n) is 12.0. The van der Waals surface area contributed by atoms with Crippen molar-refractivity contribution in [1.29, 1.82) is 0 Å². The average molecular weight is 380 g/mol. The molecule has 0 bridgehead atoms. The Morgan fingerprint density at radius 3 is 2.32 bits per heavy atom. The number of rotatable bonds is 4. The number of carbonyl (C=O) groups is 2. The molecule has 1 heterocycles. The van der Waals surface area contributed by atoms with Crippen LogP contribution in [0.2, 0.25) is 0 Å². The monoisotopic (exact) mass is 379 g/mol. The minimum absolute atomic E-state index is 0.118. The number of hydrazone groups is 1. The van der Waals surface area contributed by atoms with E-state index in [-0.39, 0.29) is 11.8 Å². The Bertz CT molecular complexity index is 723. The lowest BCUT2D eigenvalue weighted by molar-refractivity contribution is -0.114. The molecule has 5 nitrogen and oxygen atoms in total. The highest BCUT2D eigenvalue weighted by molar-refractivity contribution is 9.11. The van der Waals surface area contributed by atoms with Gasteiger partial charge in [-0.25, -0.2) is 5.43 Å². The molecule has 0 saturated carbocycles. The first-order valence-electron chi connectivity index (χ1n) is 6.43. The molecule has 2 N–H and O–H groups in total. The first-order valence-corrected chi connectivity index (χ1v) is 8.04. The van der Waals surface area contributed by atoms with Crippen molar-refractivity contribution in [3.05, 3.63) is 50.6 Å². The minimum atomic E-state index is -0.245. The van der Waals surface area contributed by atoms with Crippen molar-refractivity contribution in [2.24, 2.45) is 5.10 Å². The van der Waals surface area contributed by atoms with Crippen LogP contribution in [0.25, 0.3) is 0 Å². The Kier molecular flexibility index (Phi) is 5.46. The summed E-state index contributed by atoms with van der Waals surface area (Å²) in [5.41, 5.74) is 4.79. The molecule has 0 aliphatic heterocycles. The van der Waals surface area contributed by atoms with Crippen LogP contribution in [0.1, 0.15) is 29.1 Å².